The first kappa shape index (κ1) is 22.0. The number of nitrogens with one attached hydrogen (secondary N) is 2. The lowest BCUT2D eigenvalue weighted by molar-refractivity contribution is -0.159. The summed E-state index contributed by atoms with van der Waals surface area (Å²) in [5.74, 6) is -3.09. The number of ether oxygens (including phenoxy) is 1. The molecule has 0 aliphatic rings. The average molecular weight is 463 g/mol. The van der Waals surface area contributed by atoms with Gasteiger partial charge in [0.25, 0.3) is 5.91 Å². The van der Waals surface area contributed by atoms with Crippen molar-refractivity contribution in [1.82, 2.24) is 10.3 Å². The number of hydrogen-bond donors (Lipinski definition) is 4. The zero-order valence-electron chi connectivity index (χ0n) is 15.2. The summed E-state index contributed by atoms with van der Waals surface area (Å²) >= 11 is 3.36. The van der Waals surface area contributed by atoms with E-state index in [0.29, 0.717) is 12.3 Å². The van der Waals surface area contributed by atoms with Gasteiger partial charge in [0.1, 0.15) is 5.75 Å². The van der Waals surface area contributed by atoms with E-state index in [4.69, 9.17) is 24.5 Å². The molecule has 0 bridgehead atoms. The number of rotatable bonds is 6. The van der Waals surface area contributed by atoms with E-state index in [1.54, 1.807) is 0 Å². The predicted octanol–water partition coefficient (Wildman–Crippen LogP) is 2.82. The smallest absolute Gasteiger partial charge is 0.414 e. The monoisotopic (exact) mass is 462 g/mol. The third kappa shape index (κ3) is 7.30. The van der Waals surface area contributed by atoms with Gasteiger partial charge in [0.2, 0.25) is 0 Å². The number of amides is 1. The van der Waals surface area contributed by atoms with Gasteiger partial charge in [-0.05, 0) is 42.3 Å². The van der Waals surface area contributed by atoms with Crippen molar-refractivity contribution in [3.8, 4) is 5.75 Å². The number of H-pyrrole nitrogens is 1. The van der Waals surface area contributed by atoms with Crippen LogP contribution in [-0.4, -0.2) is 46.2 Å². The number of carbonyl (C=O) groups excluding carboxylic acids is 1. The van der Waals surface area contributed by atoms with E-state index in [1.165, 1.54) is 10.9 Å². The topological polar surface area (TPSA) is 129 Å². The summed E-state index contributed by atoms with van der Waals surface area (Å²) < 4.78 is 6.42. The Bertz CT molecular complexity index is 972. The molecule has 152 valence electrons. The van der Waals surface area contributed by atoms with Crippen molar-refractivity contribution >= 4 is 44.7 Å². The lowest BCUT2D eigenvalue weighted by Gasteiger charge is -2.07. The normalized spacial score (nSPS) is 9.97. The quantitative estimate of drug-likeness (QED) is 0.416. The highest BCUT2D eigenvalue weighted by Gasteiger charge is 2.06. The number of aliphatic carboxylic acids is 2. The van der Waals surface area contributed by atoms with Crippen LogP contribution in [-0.2, 0) is 20.8 Å². The molecule has 4 N–H and O–H groups in total. The van der Waals surface area contributed by atoms with Crippen LogP contribution in [0.4, 0.5) is 0 Å². The number of halogens is 1. The van der Waals surface area contributed by atoms with Crippen molar-refractivity contribution in [3.05, 3.63) is 64.8 Å². The van der Waals surface area contributed by atoms with Gasteiger partial charge < -0.3 is 25.3 Å². The fourth-order valence-corrected chi connectivity index (χ4v) is 2.67. The van der Waals surface area contributed by atoms with Gasteiger partial charge in [0.15, 0.2) is 6.61 Å². The van der Waals surface area contributed by atoms with Crippen LogP contribution < -0.4 is 10.1 Å². The highest BCUT2D eigenvalue weighted by molar-refractivity contribution is 9.10. The van der Waals surface area contributed by atoms with Crippen molar-refractivity contribution in [1.29, 1.82) is 0 Å². The highest BCUT2D eigenvalue weighted by atomic mass is 79.9. The number of carboxylic acid groups (broad SMARTS) is 2. The fraction of sp³-hybridized carbons (Fsp3) is 0.150. The third-order valence-corrected chi connectivity index (χ3v) is 4.29. The van der Waals surface area contributed by atoms with Crippen molar-refractivity contribution in [2.75, 3.05) is 13.2 Å². The van der Waals surface area contributed by atoms with Crippen molar-refractivity contribution in [3.63, 3.8) is 0 Å². The lowest BCUT2D eigenvalue weighted by atomic mass is 10.1. The number of aromatic amines is 1. The molecule has 0 saturated heterocycles. The molecule has 9 heteroatoms. The number of aromatic nitrogens is 1. The molecular weight excluding hydrogens is 444 g/mol. The minimum absolute atomic E-state index is 0.0233. The Morgan fingerprint density at radius 1 is 1.00 bits per heavy atom. The zero-order chi connectivity index (χ0) is 21.2. The molecule has 0 radical (unpaired) electrons. The van der Waals surface area contributed by atoms with Gasteiger partial charge in [-0.3, -0.25) is 4.79 Å². The Kier molecular flexibility index (Phi) is 8.23. The van der Waals surface area contributed by atoms with Crippen molar-refractivity contribution in [2.24, 2.45) is 0 Å². The molecule has 0 aliphatic carbocycles. The first-order valence-electron chi connectivity index (χ1n) is 8.53. The van der Waals surface area contributed by atoms with Gasteiger partial charge in [-0.15, -0.1) is 0 Å². The number of hydrogen-bond acceptors (Lipinski definition) is 4. The largest absolute Gasteiger partial charge is 0.484 e. The maximum absolute atomic E-state index is 11.8. The summed E-state index contributed by atoms with van der Waals surface area (Å²) in [5, 5.41) is 18.9. The number of carboxylic acids is 2. The Morgan fingerprint density at radius 2 is 1.66 bits per heavy atom. The molecule has 0 spiro atoms. The van der Waals surface area contributed by atoms with Gasteiger partial charge in [0, 0.05) is 28.1 Å². The van der Waals surface area contributed by atoms with E-state index in [1.807, 2.05) is 48.7 Å². The molecule has 1 amide bonds. The Hall–Kier alpha value is -3.33. The Morgan fingerprint density at radius 3 is 2.31 bits per heavy atom. The van der Waals surface area contributed by atoms with Crippen LogP contribution in [0, 0.1) is 0 Å². The first-order chi connectivity index (χ1) is 13.9. The third-order valence-electron chi connectivity index (χ3n) is 3.76. The number of carbonyl (C=O) groups is 3. The number of para-hydroxylation sites is 1. The van der Waals surface area contributed by atoms with Crippen LogP contribution in [0.5, 0.6) is 5.75 Å². The van der Waals surface area contributed by atoms with Gasteiger partial charge >= 0.3 is 11.9 Å². The summed E-state index contributed by atoms with van der Waals surface area (Å²) in [5.41, 5.74) is 2.32. The van der Waals surface area contributed by atoms with Gasteiger partial charge in [-0.2, -0.15) is 0 Å². The second-order valence-corrected chi connectivity index (χ2v) is 6.73. The van der Waals surface area contributed by atoms with E-state index in [2.05, 4.69) is 32.3 Å². The lowest BCUT2D eigenvalue weighted by Crippen LogP contribution is -2.30. The zero-order valence-corrected chi connectivity index (χ0v) is 16.8. The molecule has 2 aromatic carbocycles. The van der Waals surface area contributed by atoms with E-state index in [0.717, 1.165) is 16.4 Å². The average Bonchev–Trinajstić information content (AvgIpc) is 3.11. The number of benzene rings is 2. The molecule has 29 heavy (non-hydrogen) atoms. The standard InChI is InChI=1S/C18H17BrN2O2.C2H2O4/c19-14-5-7-15(8-6-14)23-12-18(22)20-10-9-13-11-21-17-4-2-1-3-16(13)17;3-1(4)2(5)6/h1-8,11,21H,9-10,12H2,(H,20,22);(H,3,4)(H,5,6). The van der Waals surface area contributed by atoms with Crippen LogP contribution in [0.15, 0.2) is 59.2 Å². The molecule has 0 atom stereocenters. The van der Waals surface area contributed by atoms with Gasteiger partial charge in [0.05, 0.1) is 0 Å². The summed E-state index contributed by atoms with van der Waals surface area (Å²) in [6.07, 6.45) is 2.78. The minimum Gasteiger partial charge on any atom is -0.484 e. The van der Waals surface area contributed by atoms with Crippen LogP contribution in [0.1, 0.15) is 5.56 Å². The minimum atomic E-state index is -1.82. The van der Waals surface area contributed by atoms with Gasteiger partial charge in [-0.25, -0.2) is 9.59 Å². The second kappa shape index (κ2) is 10.9. The van der Waals surface area contributed by atoms with Gasteiger partial charge in [-0.1, -0.05) is 34.1 Å². The highest BCUT2D eigenvalue weighted by Crippen LogP contribution is 2.18. The molecule has 8 nitrogen and oxygen atoms in total. The predicted molar refractivity (Wildman–Crippen MR) is 110 cm³/mol. The first-order valence-corrected chi connectivity index (χ1v) is 9.32. The van der Waals surface area contributed by atoms with Crippen LogP contribution in [0.3, 0.4) is 0 Å². The van der Waals surface area contributed by atoms with Crippen LogP contribution >= 0.6 is 15.9 Å². The molecule has 1 heterocycles. The van der Waals surface area contributed by atoms with Crippen molar-refractivity contribution < 1.29 is 29.3 Å². The van der Waals surface area contributed by atoms with Crippen LogP contribution in [0.25, 0.3) is 10.9 Å². The molecule has 0 unspecified atom stereocenters. The van der Waals surface area contributed by atoms with Crippen molar-refractivity contribution in [2.45, 2.75) is 6.42 Å². The molecule has 0 aliphatic heterocycles. The molecular formula is C20H19BrN2O6. The van der Waals surface area contributed by atoms with E-state index in [9.17, 15) is 4.79 Å². The van der Waals surface area contributed by atoms with E-state index < -0.39 is 11.9 Å². The maximum Gasteiger partial charge on any atom is 0.414 e. The maximum atomic E-state index is 11.8. The fourth-order valence-electron chi connectivity index (χ4n) is 2.41. The number of fused-ring (bicyclic) bond motifs is 1. The van der Waals surface area contributed by atoms with E-state index in [-0.39, 0.29) is 12.5 Å². The molecule has 1 aromatic heterocycles. The Labute approximate surface area is 174 Å². The molecule has 3 aromatic rings. The van der Waals surface area contributed by atoms with E-state index >= 15 is 0 Å². The second-order valence-electron chi connectivity index (χ2n) is 5.81. The summed E-state index contributed by atoms with van der Waals surface area (Å²) in [6, 6.07) is 15.6. The molecule has 0 saturated carbocycles. The summed E-state index contributed by atoms with van der Waals surface area (Å²) in [4.78, 5) is 33.3. The molecule has 3 rings (SSSR count). The summed E-state index contributed by atoms with van der Waals surface area (Å²) in [6.45, 7) is 0.611. The summed E-state index contributed by atoms with van der Waals surface area (Å²) in [7, 11) is 0. The Balaban J connectivity index is 0.000000438. The molecule has 0 fully saturated rings. The SMILES string of the molecule is O=C(COc1ccc(Br)cc1)NCCc1c[nH]c2ccccc12.O=C(O)C(=O)O. The van der Waals surface area contributed by atoms with Crippen LogP contribution in [0.2, 0.25) is 0 Å².